The van der Waals surface area contributed by atoms with Crippen LogP contribution in [0.2, 0.25) is 0 Å². The molecule has 1 atom stereocenters. The first-order chi connectivity index (χ1) is 10.3. The van der Waals surface area contributed by atoms with E-state index < -0.39 is 10.0 Å². The predicted molar refractivity (Wildman–Crippen MR) is 88.6 cm³/mol. The number of rotatable bonds is 2. The van der Waals surface area contributed by atoms with E-state index in [1.807, 2.05) is 6.92 Å². The maximum atomic E-state index is 13.1. The number of hydrogen-bond acceptors (Lipinski definition) is 4. The van der Waals surface area contributed by atoms with Crippen LogP contribution < -0.4 is 0 Å². The molecule has 0 N–H and O–H groups in total. The lowest BCUT2D eigenvalue weighted by Crippen LogP contribution is -2.44. The Labute approximate surface area is 136 Å². The highest BCUT2D eigenvalue weighted by Gasteiger charge is 2.49. The second-order valence-corrected chi connectivity index (χ2v) is 10.2. The molecular formula is C15H23FN2O2S2. The van der Waals surface area contributed by atoms with Gasteiger partial charge in [0, 0.05) is 17.7 Å². The van der Waals surface area contributed by atoms with E-state index in [-0.39, 0.29) is 28.8 Å². The Hall–Kier alpha value is -0.370. The van der Waals surface area contributed by atoms with Crippen molar-refractivity contribution in [1.29, 1.82) is 0 Å². The molecule has 3 aliphatic rings. The van der Waals surface area contributed by atoms with Gasteiger partial charge in [-0.3, -0.25) is 0 Å². The molecule has 1 aliphatic carbocycles. The van der Waals surface area contributed by atoms with Crippen molar-refractivity contribution >= 4 is 21.8 Å². The predicted octanol–water partition coefficient (Wildman–Crippen LogP) is 2.71. The summed E-state index contributed by atoms with van der Waals surface area (Å²) in [5.41, 5.74) is 0. The first-order valence-electron chi connectivity index (χ1n) is 7.76. The van der Waals surface area contributed by atoms with Gasteiger partial charge in [-0.1, -0.05) is 0 Å². The first-order valence-corrected chi connectivity index (χ1v) is 10.1. The Morgan fingerprint density at radius 3 is 2.55 bits per heavy atom. The molecule has 0 amide bonds. The Kier molecular flexibility index (Phi) is 4.44. The van der Waals surface area contributed by atoms with Gasteiger partial charge in [0.05, 0.1) is 10.3 Å². The summed E-state index contributed by atoms with van der Waals surface area (Å²) < 4.78 is 40.6. The van der Waals surface area contributed by atoms with Gasteiger partial charge in [-0.15, -0.1) is 11.8 Å². The number of piperidine rings is 1. The van der Waals surface area contributed by atoms with Crippen molar-refractivity contribution in [3.8, 4) is 0 Å². The summed E-state index contributed by atoms with van der Waals surface area (Å²) in [6.45, 7) is 4.59. The molecule has 0 aromatic rings. The van der Waals surface area contributed by atoms with Crippen LogP contribution in [0.4, 0.5) is 4.39 Å². The standard InChI is InChI=1S/C15H23FN2O2S2/c1-12-18(11-15(21-12)7-9-17(2)10-8-15)22(19,20)14-5-3-13(16)4-6-14/h3,5,12H,4,6-11H2,1-2H3. The van der Waals surface area contributed by atoms with Crippen molar-refractivity contribution in [2.45, 2.75) is 42.7 Å². The van der Waals surface area contributed by atoms with E-state index in [9.17, 15) is 12.8 Å². The van der Waals surface area contributed by atoms with Crippen molar-refractivity contribution in [2.75, 3.05) is 26.7 Å². The fourth-order valence-corrected chi connectivity index (χ4v) is 7.22. The van der Waals surface area contributed by atoms with Crippen molar-refractivity contribution < 1.29 is 12.8 Å². The molecule has 7 heteroatoms. The van der Waals surface area contributed by atoms with Crippen LogP contribution in [0.1, 0.15) is 32.6 Å². The molecule has 2 heterocycles. The third-order valence-corrected chi connectivity index (χ3v) is 8.70. The van der Waals surface area contributed by atoms with Crippen molar-refractivity contribution in [3.63, 3.8) is 0 Å². The topological polar surface area (TPSA) is 40.6 Å². The van der Waals surface area contributed by atoms with Gasteiger partial charge in [0.1, 0.15) is 5.83 Å². The molecule has 4 nitrogen and oxygen atoms in total. The number of hydrogen-bond donors (Lipinski definition) is 0. The Morgan fingerprint density at radius 1 is 1.27 bits per heavy atom. The molecule has 124 valence electrons. The number of thioether (sulfide) groups is 1. The van der Waals surface area contributed by atoms with Gasteiger partial charge in [-0.05, 0) is 58.5 Å². The number of nitrogens with zero attached hydrogens (tertiary/aromatic N) is 2. The second-order valence-electron chi connectivity index (χ2n) is 6.50. The summed E-state index contributed by atoms with van der Waals surface area (Å²) >= 11 is 1.79. The maximum Gasteiger partial charge on any atom is 0.240 e. The van der Waals surface area contributed by atoms with Gasteiger partial charge in [0.15, 0.2) is 0 Å². The zero-order valence-electron chi connectivity index (χ0n) is 13.1. The van der Waals surface area contributed by atoms with Crippen molar-refractivity contribution in [1.82, 2.24) is 9.21 Å². The number of allylic oxidation sites excluding steroid dienone is 4. The Bertz CT molecular complexity index is 607. The smallest absolute Gasteiger partial charge is 0.240 e. The van der Waals surface area contributed by atoms with Gasteiger partial charge in [0.2, 0.25) is 10.0 Å². The van der Waals surface area contributed by atoms with E-state index in [1.165, 1.54) is 12.2 Å². The number of sulfonamides is 1. The van der Waals surface area contributed by atoms with E-state index in [4.69, 9.17) is 0 Å². The molecule has 2 aliphatic heterocycles. The third-order valence-electron chi connectivity index (χ3n) is 4.87. The van der Waals surface area contributed by atoms with Crippen LogP contribution in [-0.4, -0.2) is 54.4 Å². The lowest BCUT2D eigenvalue weighted by molar-refractivity contribution is 0.228. The van der Waals surface area contributed by atoms with Crippen LogP contribution in [0, 0.1) is 0 Å². The third kappa shape index (κ3) is 3.00. The largest absolute Gasteiger partial charge is 0.306 e. The molecule has 1 spiro atoms. The summed E-state index contributed by atoms with van der Waals surface area (Å²) in [6, 6.07) is 0. The average Bonchev–Trinajstić information content (AvgIpc) is 2.81. The van der Waals surface area contributed by atoms with E-state index in [0.717, 1.165) is 25.9 Å². The number of likely N-dealkylation sites (tertiary alicyclic amines) is 1. The molecule has 2 fully saturated rings. The Morgan fingerprint density at radius 2 is 1.95 bits per heavy atom. The zero-order valence-corrected chi connectivity index (χ0v) is 14.7. The molecule has 0 radical (unpaired) electrons. The van der Waals surface area contributed by atoms with Gasteiger partial charge >= 0.3 is 0 Å². The summed E-state index contributed by atoms with van der Waals surface area (Å²) in [7, 11) is -1.37. The summed E-state index contributed by atoms with van der Waals surface area (Å²) in [6.07, 6.45) is 5.24. The first kappa shape index (κ1) is 16.5. The monoisotopic (exact) mass is 346 g/mol. The highest BCUT2D eigenvalue weighted by Crippen LogP contribution is 2.48. The van der Waals surface area contributed by atoms with Crippen molar-refractivity contribution in [2.24, 2.45) is 0 Å². The van der Waals surface area contributed by atoms with Crippen LogP contribution in [0.3, 0.4) is 0 Å². The van der Waals surface area contributed by atoms with Crippen molar-refractivity contribution in [3.05, 3.63) is 22.9 Å². The lowest BCUT2D eigenvalue weighted by Gasteiger charge is -2.36. The molecule has 0 aromatic carbocycles. The Balaban J connectivity index is 1.80. The summed E-state index contributed by atoms with van der Waals surface area (Å²) in [5.74, 6) is -0.241. The summed E-state index contributed by atoms with van der Waals surface area (Å²) in [4.78, 5) is 2.65. The molecule has 3 rings (SSSR count). The highest BCUT2D eigenvalue weighted by molar-refractivity contribution is 8.03. The summed E-state index contributed by atoms with van der Waals surface area (Å²) in [5, 5.41) is -0.0509. The molecule has 0 bridgehead atoms. The van der Waals surface area contributed by atoms with E-state index in [0.29, 0.717) is 11.4 Å². The maximum absolute atomic E-state index is 13.1. The van der Waals surface area contributed by atoms with E-state index >= 15 is 0 Å². The second kappa shape index (κ2) is 5.92. The zero-order chi connectivity index (χ0) is 16.0. The SMILES string of the molecule is CC1SC2(CCN(C)CC2)CN1S(=O)(=O)C1=CC=C(F)CC1. The molecular weight excluding hydrogens is 323 g/mol. The van der Waals surface area contributed by atoms with Gasteiger partial charge in [0.25, 0.3) is 0 Å². The van der Waals surface area contributed by atoms with Crippen LogP contribution in [0.25, 0.3) is 0 Å². The number of halogens is 1. The van der Waals surface area contributed by atoms with Crippen LogP contribution in [0.5, 0.6) is 0 Å². The molecule has 2 saturated heterocycles. The van der Waals surface area contributed by atoms with Crippen LogP contribution >= 0.6 is 11.8 Å². The minimum atomic E-state index is -3.47. The normalized spacial score (nSPS) is 30.4. The van der Waals surface area contributed by atoms with Crippen LogP contribution in [0.15, 0.2) is 22.9 Å². The molecule has 1 unspecified atom stereocenters. The molecule has 0 aromatic heterocycles. The quantitative estimate of drug-likeness (QED) is 0.771. The molecule has 22 heavy (non-hydrogen) atoms. The van der Waals surface area contributed by atoms with E-state index in [2.05, 4.69) is 11.9 Å². The van der Waals surface area contributed by atoms with E-state index in [1.54, 1.807) is 16.1 Å². The van der Waals surface area contributed by atoms with Gasteiger partial charge in [-0.2, -0.15) is 4.31 Å². The van der Waals surface area contributed by atoms with Gasteiger partial charge < -0.3 is 4.90 Å². The average molecular weight is 346 g/mol. The van der Waals surface area contributed by atoms with Crippen LogP contribution in [-0.2, 0) is 10.0 Å². The highest BCUT2D eigenvalue weighted by atomic mass is 32.2. The lowest BCUT2D eigenvalue weighted by atomic mass is 9.96. The minimum absolute atomic E-state index is 0.0509. The minimum Gasteiger partial charge on any atom is -0.306 e. The molecule has 0 saturated carbocycles. The fraction of sp³-hybridized carbons (Fsp3) is 0.733. The van der Waals surface area contributed by atoms with Gasteiger partial charge in [-0.25, -0.2) is 12.8 Å². The fourth-order valence-electron chi connectivity index (χ4n) is 3.41.